The summed E-state index contributed by atoms with van der Waals surface area (Å²) in [6.07, 6.45) is 75.6. The number of carbonyl (C=O) groups is 2. The number of carbonyl (C=O) groups excluding carboxylic acids is 2. The molecule has 0 aliphatic rings. The third kappa shape index (κ3) is 53.4. The average Bonchev–Trinajstić information content (AvgIpc) is 3.32. The SMILES string of the molecule is CC/C=C\C/C=C\C/C=C\C/C=C\CCCCC(=O)OC(COCCCCCCCC/C=C\C/C=C\CCCCC)COC(=O)CCCCCCCCCCC/C=C\C/C=C\CCCCC. The third-order valence-corrected chi connectivity index (χ3v) is 11.6. The minimum atomic E-state index is -0.571. The Kier molecular flexibility index (Phi) is 53.4. The zero-order valence-corrected chi connectivity index (χ0v) is 43.4. The van der Waals surface area contributed by atoms with Crippen molar-refractivity contribution in [1.29, 1.82) is 0 Å². The predicted molar refractivity (Wildman–Crippen MR) is 288 cm³/mol. The molecule has 5 nitrogen and oxygen atoms in total. The molecule has 66 heavy (non-hydrogen) atoms. The maximum absolute atomic E-state index is 12.8. The lowest BCUT2D eigenvalue weighted by Gasteiger charge is -2.18. The molecule has 378 valence electrons. The summed E-state index contributed by atoms with van der Waals surface area (Å²) >= 11 is 0. The van der Waals surface area contributed by atoms with Gasteiger partial charge in [-0.2, -0.15) is 0 Å². The molecule has 1 unspecified atom stereocenters. The van der Waals surface area contributed by atoms with Crippen LogP contribution in [0.1, 0.15) is 252 Å². The Morgan fingerprint density at radius 1 is 0.348 bits per heavy atom. The largest absolute Gasteiger partial charge is 0.462 e. The van der Waals surface area contributed by atoms with Gasteiger partial charge in [0.1, 0.15) is 6.61 Å². The van der Waals surface area contributed by atoms with Crippen LogP contribution in [0.3, 0.4) is 0 Å². The van der Waals surface area contributed by atoms with Gasteiger partial charge in [-0.3, -0.25) is 9.59 Å². The molecule has 0 saturated heterocycles. The smallest absolute Gasteiger partial charge is 0.306 e. The zero-order valence-electron chi connectivity index (χ0n) is 43.4. The molecule has 0 fully saturated rings. The highest BCUT2D eigenvalue weighted by molar-refractivity contribution is 5.70. The van der Waals surface area contributed by atoms with Gasteiger partial charge in [-0.05, 0) is 122 Å². The number of hydrogen-bond donors (Lipinski definition) is 0. The minimum Gasteiger partial charge on any atom is -0.462 e. The molecular weight excluding hydrogens is 813 g/mol. The van der Waals surface area contributed by atoms with Crippen LogP contribution in [0.5, 0.6) is 0 Å². The molecule has 0 aromatic heterocycles. The molecule has 0 N–H and O–H groups in total. The molecule has 0 aromatic carbocycles. The molecule has 0 aliphatic heterocycles. The van der Waals surface area contributed by atoms with Crippen molar-refractivity contribution in [3.05, 3.63) is 97.2 Å². The van der Waals surface area contributed by atoms with Gasteiger partial charge in [-0.15, -0.1) is 0 Å². The highest BCUT2D eigenvalue weighted by atomic mass is 16.6. The number of unbranched alkanes of at least 4 members (excludes halogenated alkanes) is 23. The van der Waals surface area contributed by atoms with Crippen LogP contribution in [0.25, 0.3) is 0 Å². The van der Waals surface area contributed by atoms with E-state index < -0.39 is 6.10 Å². The van der Waals surface area contributed by atoms with Gasteiger partial charge in [0.2, 0.25) is 0 Å². The number of esters is 2. The monoisotopic (exact) mass is 917 g/mol. The Labute approximate surface area is 409 Å². The van der Waals surface area contributed by atoms with Gasteiger partial charge in [0.25, 0.3) is 0 Å². The van der Waals surface area contributed by atoms with Crippen molar-refractivity contribution < 1.29 is 23.8 Å². The summed E-state index contributed by atoms with van der Waals surface area (Å²) in [5.41, 5.74) is 0. The maximum Gasteiger partial charge on any atom is 0.306 e. The fourth-order valence-corrected chi connectivity index (χ4v) is 7.44. The number of allylic oxidation sites excluding steroid dienone is 16. The first-order valence-corrected chi connectivity index (χ1v) is 27.8. The van der Waals surface area contributed by atoms with Crippen molar-refractivity contribution >= 4 is 11.9 Å². The summed E-state index contributed by atoms with van der Waals surface area (Å²) in [5.74, 6) is -0.456. The summed E-state index contributed by atoms with van der Waals surface area (Å²) in [4.78, 5) is 25.5. The van der Waals surface area contributed by atoms with Crippen molar-refractivity contribution in [2.24, 2.45) is 0 Å². The van der Waals surface area contributed by atoms with Crippen LogP contribution in [-0.2, 0) is 23.8 Å². The van der Waals surface area contributed by atoms with Gasteiger partial charge in [0, 0.05) is 19.4 Å². The number of rotatable bonds is 50. The second-order valence-electron chi connectivity index (χ2n) is 18.1. The van der Waals surface area contributed by atoms with Crippen molar-refractivity contribution in [3.63, 3.8) is 0 Å². The van der Waals surface area contributed by atoms with E-state index in [0.29, 0.717) is 19.4 Å². The van der Waals surface area contributed by atoms with E-state index in [1.165, 1.54) is 128 Å². The Bertz CT molecular complexity index is 1270. The Morgan fingerprint density at radius 3 is 1.12 bits per heavy atom. The van der Waals surface area contributed by atoms with Crippen LogP contribution in [0.2, 0.25) is 0 Å². The lowest BCUT2D eigenvalue weighted by molar-refractivity contribution is -0.163. The average molecular weight is 917 g/mol. The van der Waals surface area contributed by atoms with E-state index >= 15 is 0 Å². The van der Waals surface area contributed by atoms with Crippen LogP contribution >= 0.6 is 0 Å². The van der Waals surface area contributed by atoms with Gasteiger partial charge < -0.3 is 14.2 Å². The lowest BCUT2D eigenvalue weighted by Crippen LogP contribution is -2.30. The first-order chi connectivity index (χ1) is 32.6. The van der Waals surface area contributed by atoms with Crippen molar-refractivity contribution in [3.8, 4) is 0 Å². The van der Waals surface area contributed by atoms with Gasteiger partial charge in [0.05, 0.1) is 6.61 Å². The summed E-state index contributed by atoms with van der Waals surface area (Å²) in [5, 5.41) is 0. The van der Waals surface area contributed by atoms with Crippen LogP contribution < -0.4 is 0 Å². The van der Waals surface area contributed by atoms with Gasteiger partial charge in [-0.25, -0.2) is 0 Å². The number of hydrogen-bond acceptors (Lipinski definition) is 5. The predicted octanol–water partition coefficient (Wildman–Crippen LogP) is 19.0. The van der Waals surface area contributed by atoms with E-state index in [-0.39, 0.29) is 25.2 Å². The third-order valence-electron chi connectivity index (χ3n) is 11.6. The molecule has 1 atom stereocenters. The van der Waals surface area contributed by atoms with Crippen molar-refractivity contribution in [2.75, 3.05) is 19.8 Å². The van der Waals surface area contributed by atoms with E-state index in [2.05, 4.69) is 118 Å². The number of ether oxygens (including phenoxy) is 3. The lowest BCUT2D eigenvalue weighted by atomic mass is 10.1. The topological polar surface area (TPSA) is 61.8 Å². The Balaban J connectivity index is 4.35. The standard InChI is InChI=1S/C61H104O5/c1-4-7-10-13-16-19-22-25-28-30-31-32-34-36-39-42-45-48-51-54-60(62)65-58-59(57-64-56-53-50-47-44-41-38-35-29-26-23-20-17-14-11-8-5-2)66-61(63)55-52-49-46-43-40-37-33-27-24-21-18-15-12-9-6-3/h9,12,16-21,25-29,33,40,43,59H,4-8,10-11,13-15,22-24,30-32,34-39,41-42,44-58H2,1-3H3/b12-9-,19-16-,20-17-,21-18-,28-25-,29-26-,33-27-,43-40-. The first-order valence-electron chi connectivity index (χ1n) is 27.8. The Morgan fingerprint density at radius 2 is 0.682 bits per heavy atom. The summed E-state index contributed by atoms with van der Waals surface area (Å²) in [6.45, 7) is 7.60. The van der Waals surface area contributed by atoms with Crippen LogP contribution in [-0.4, -0.2) is 37.9 Å². The molecule has 0 rings (SSSR count). The second-order valence-corrected chi connectivity index (χ2v) is 18.1. The molecule has 0 heterocycles. The molecule has 0 bridgehead atoms. The molecule has 0 spiro atoms. The van der Waals surface area contributed by atoms with Crippen LogP contribution in [0.15, 0.2) is 97.2 Å². The first kappa shape index (κ1) is 62.8. The minimum absolute atomic E-state index is 0.0577. The molecule has 0 amide bonds. The van der Waals surface area contributed by atoms with Crippen molar-refractivity contribution in [2.45, 2.75) is 258 Å². The van der Waals surface area contributed by atoms with Gasteiger partial charge in [-0.1, -0.05) is 214 Å². The van der Waals surface area contributed by atoms with E-state index in [4.69, 9.17) is 14.2 Å². The normalized spacial score (nSPS) is 13.0. The fourth-order valence-electron chi connectivity index (χ4n) is 7.44. The van der Waals surface area contributed by atoms with E-state index in [1.54, 1.807) is 0 Å². The molecule has 0 saturated carbocycles. The molecule has 0 aromatic rings. The summed E-state index contributed by atoms with van der Waals surface area (Å²) < 4.78 is 17.4. The quantitative estimate of drug-likeness (QED) is 0.0346. The van der Waals surface area contributed by atoms with Crippen molar-refractivity contribution in [1.82, 2.24) is 0 Å². The van der Waals surface area contributed by atoms with Crippen LogP contribution in [0, 0.1) is 0 Å². The molecular formula is C61H104O5. The second kappa shape index (κ2) is 56.1. The van der Waals surface area contributed by atoms with E-state index in [1.807, 2.05) is 0 Å². The van der Waals surface area contributed by atoms with E-state index in [0.717, 1.165) is 89.9 Å². The fraction of sp³-hybridized carbons (Fsp3) is 0.705. The van der Waals surface area contributed by atoms with Gasteiger partial charge in [0.15, 0.2) is 6.10 Å². The maximum atomic E-state index is 12.8. The molecule has 0 aliphatic carbocycles. The van der Waals surface area contributed by atoms with Gasteiger partial charge >= 0.3 is 11.9 Å². The highest BCUT2D eigenvalue weighted by Gasteiger charge is 2.17. The van der Waals surface area contributed by atoms with Crippen LogP contribution in [0.4, 0.5) is 0 Å². The Hall–Kier alpha value is -3.18. The highest BCUT2D eigenvalue weighted by Crippen LogP contribution is 2.14. The molecule has 0 radical (unpaired) electrons. The summed E-state index contributed by atoms with van der Waals surface area (Å²) in [6, 6.07) is 0. The summed E-state index contributed by atoms with van der Waals surface area (Å²) in [7, 11) is 0. The zero-order chi connectivity index (χ0) is 47.7. The van der Waals surface area contributed by atoms with E-state index in [9.17, 15) is 9.59 Å². The molecule has 5 heteroatoms.